The van der Waals surface area contributed by atoms with E-state index in [1.807, 2.05) is 0 Å². The lowest BCUT2D eigenvalue weighted by molar-refractivity contribution is -0.139. The predicted molar refractivity (Wildman–Crippen MR) is 95.6 cm³/mol. The molecule has 1 aliphatic rings. The minimum Gasteiger partial charge on any atom is -0.481 e. The Hall–Kier alpha value is -1.37. The second-order valence-electron chi connectivity index (χ2n) is 8.27. The van der Waals surface area contributed by atoms with Crippen molar-refractivity contribution in [2.75, 3.05) is 0 Å². The summed E-state index contributed by atoms with van der Waals surface area (Å²) in [5, 5.41) is 22.1. The molecule has 1 saturated carbocycles. The summed E-state index contributed by atoms with van der Waals surface area (Å²) in [6.07, 6.45) is 3.23. The van der Waals surface area contributed by atoms with Gasteiger partial charge >= 0.3 is 11.9 Å². The molecule has 1 heterocycles. The van der Waals surface area contributed by atoms with Crippen molar-refractivity contribution < 1.29 is 24.3 Å². The maximum atomic E-state index is 11.1. The standard InChI is InChI=1S/C18H26BrNO5/c1-18(2,3)9-10-6-12(7-10)16-15(19)17(25-20-16)11(8-14(23)24)4-5-13(21)22/h10-12H,4-9H2,1-3H3,(H,21,22)(H,23,24). The van der Waals surface area contributed by atoms with Crippen molar-refractivity contribution in [1.29, 1.82) is 0 Å². The van der Waals surface area contributed by atoms with Crippen molar-refractivity contribution in [2.24, 2.45) is 11.3 Å². The molecular formula is C18H26BrNO5. The summed E-state index contributed by atoms with van der Waals surface area (Å²) in [7, 11) is 0. The largest absolute Gasteiger partial charge is 0.481 e. The molecule has 1 aliphatic carbocycles. The van der Waals surface area contributed by atoms with E-state index in [2.05, 4.69) is 41.9 Å². The molecule has 0 saturated heterocycles. The Balaban J connectivity index is 2.05. The van der Waals surface area contributed by atoms with Crippen LogP contribution in [0.1, 0.15) is 82.6 Å². The maximum Gasteiger partial charge on any atom is 0.304 e. The van der Waals surface area contributed by atoms with Crippen LogP contribution in [0.25, 0.3) is 0 Å². The maximum absolute atomic E-state index is 11.1. The summed E-state index contributed by atoms with van der Waals surface area (Å²) < 4.78 is 6.14. The Kier molecular flexibility index (Phi) is 6.30. The van der Waals surface area contributed by atoms with Crippen LogP contribution in [0.4, 0.5) is 0 Å². The summed E-state index contributed by atoms with van der Waals surface area (Å²) in [5.74, 6) is -0.958. The van der Waals surface area contributed by atoms with E-state index >= 15 is 0 Å². The number of carboxylic acids is 2. The zero-order valence-electron chi connectivity index (χ0n) is 14.9. The number of nitrogens with zero attached hydrogens (tertiary/aromatic N) is 1. The Morgan fingerprint density at radius 2 is 1.92 bits per heavy atom. The number of carboxylic acid groups (broad SMARTS) is 2. The molecule has 1 atom stereocenters. The Morgan fingerprint density at radius 1 is 1.28 bits per heavy atom. The van der Waals surface area contributed by atoms with E-state index in [0.717, 1.165) is 18.5 Å². The molecule has 1 fully saturated rings. The second-order valence-corrected chi connectivity index (χ2v) is 9.07. The first-order chi connectivity index (χ1) is 11.6. The van der Waals surface area contributed by atoms with Gasteiger partial charge < -0.3 is 14.7 Å². The highest BCUT2D eigenvalue weighted by atomic mass is 79.9. The SMILES string of the molecule is CC(C)(C)CC1CC(c2noc(C(CCC(=O)O)CC(=O)O)c2Br)C1. The average molecular weight is 416 g/mol. The van der Waals surface area contributed by atoms with Gasteiger partial charge in [-0.2, -0.15) is 0 Å². The normalized spacial score (nSPS) is 21.6. The van der Waals surface area contributed by atoms with Gasteiger partial charge in [0.05, 0.1) is 10.9 Å². The smallest absolute Gasteiger partial charge is 0.304 e. The van der Waals surface area contributed by atoms with Crippen molar-refractivity contribution in [3.8, 4) is 0 Å². The molecule has 25 heavy (non-hydrogen) atoms. The van der Waals surface area contributed by atoms with Crippen molar-refractivity contribution in [2.45, 2.75) is 71.1 Å². The number of hydrogen-bond acceptors (Lipinski definition) is 4. The van der Waals surface area contributed by atoms with Gasteiger partial charge in [0.15, 0.2) is 5.76 Å². The highest BCUT2D eigenvalue weighted by Crippen LogP contribution is 2.49. The highest BCUT2D eigenvalue weighted by Gasteiger charge is 2.37. The van der Waals surface area contributed by atoms with Gasteiger partial charge in [0, 0.05) is 18.3 Å². The highest BCUT2D eigenvalue weighted by molar-refractivity contribution is 9.10. The molecule has 0 amide bonds. The molecule has 2 rings (SSSR count). The number of rotatable bonds is 8. The Bertz CT molecular complexity index is 628. The molecule has 1 aromatic rings. The van der Waals surface area contributed by atoms with Crippen LogP contribution < -0.4 is 0 Å². The van der Waals surface area contributed by atoms with Crippen LogP contribution in [0.5, 0.6) is 0 Å². The summed E-state index contributed by atoms with van der Waals surface area (Å²) in [6.45, 7) is 6.72. The van der Waals surface area contributed by atoms with Crippen molar-refractivity contribution >= 4 is 27.9 Å². The minimum absolute atomic E-state index is 0.0997. The van der Waals surface area contributed by atoms with Gasteiger partial charge in [-0.1, -0.05) is 25.9 Å². The van der Waals surface area contributed by atoms with Crippen LogP contribution >= 0.6 is 15.9 Å². The topological polar surface area (TPSA) is 101 Å². The van der Waals surface area contributed by atoms with Crippen LogP contribution in [-0.4, -0.2) is 27.3 Å². The van der Waals surface area contributed by atoms with Crippen LogP contribution in [0, 0.1) is 11.3 Å². The molecule has 0 radical (unpaired) electrons. The van der Waals surface area contributed by atoms with Gasteiger partial charge in [0.25, 0.3) is 0 Å². The third-order valence-corrected chi connectivity index (χ3v) is 5.50. The van der Waals surface area contributed by atoms with Gasteiger partial charge in [0.1, 0.15) is 5.69 Å². The second kappa shape index (κ2) is 7.89. The molecule has 0 aliphatic heterocycles. The van der Waals surface area contributed by atoms with E-state index in [0.29, 0.717) is 27.5 Å². The van der Waals surface area contributed by atoms with Gasteiger partial charge in [-0.25, -0.2) is 0 Å². The molecule has 1 unspecified atom stereocenters. The van der Waals surface area contributed by atoms with E-state index in [1.54, 1.807) is 0 Å². The van der Waals surface area contributed by atoms with E-state index in [1.165, 1.54) is 6.42 Å². The molecule has 7 heteroatoms. The van der Waals surface area contributed by atoms with Crippen LogP contribution in [0.2, 0.25) is 0 Å². The summed E-state index contributed by atoms with van der Waals surface area (Å²) in [4.78, 5) is 21.9. The van der Waals surface area contributed by atoms with Gasteiger partial charge in [-0.3, -0.25) is 9.59 Å². The molecule has 1 aromatic heterocycles. The quantitative estimate of drug-likeness (QED) is 0.632. The molecule has 2 N–H and O–H groups in total. The van der Waals surface area contributed by atoms with Gasteiger partial charge in [-0.05, 0) is 52.9 Å². The fourth-order valence-corrected chi connectivity index (χ4v) is 4.43. The van der Waals surface area contributed by atoms with Gasteiger partial charge in [-0.15, -0.1) is 0 Å². The molecular weight excluding hydrogens is 390 g/mol. The summed E-state index contributed by atoms with van der Waals surface area (Å²) in [6, 6.07) is 0. The fourth-order valence-electron chi connectivity index (χ4n) is 3.64. The molecule has 140 valence electrons. The molecule has 0 spiro atoms. The minimum atomic E-state index is -0.978. The number of aromatic nitrogens is 1. The summed E-state index contributed by atoms with van der Waals surface area (Å²) in [5.41, 5.74) is 1.15. The van der Waals surface area contributed by atoms with Crippen LogP contribution in [0.15, 0.2) is 9.00 Å². The molecule has 0 aromatic carbocycles. The van der Waals surface area contributed by atoms with Crippen LogP contribution in [-0.2, 0) is 9.59 Å². The van der Waals surface area contributed by atoms with Crippen LogP contribution in [0.3, 0.4) is 0 Å². The van der Waals surface area contributed by atoms with Crippen molar-refractivity contribution in [3.63, 3.8) is 0 Å². The van der Waals surface area contributed by atoms with Gasteiger partial charge in [0.2, 0.25) is 0 Å². The zero-order valence-corrected chi connectivity index (χ0v) is 16.5. The average Bonchev–Trinajstić information content (AvgIpc) is 2.78. The Morgan fingerprint density at radius 3 is 2.44 bits per heavy atom. The number of halogens is 1. The molecule has 6 nitrogen and oxygen atoms in total. The van der Waals surface area contributed by atoms with Crippen molar-refractivity contribution in [1.82, 2.24) is 5.16 Å². The van der Waals surface area contributed by atoms with Crippen molar-refractivity contribution in [3.05, 3.63) is 15.9 Å². The first kappa shape index (κ1) is 19.9. The Labute approximate surface area is 156 Å². The van der Waals surface area contributed by atoms with E-state index < -0.39 is 17.9 Å². The lowest BCUT2D eigenvalue weighted by atomic mass is 9.67. The zero-order chi connectivity index (χ0) is 18.8. The number of aliphatic carboxylic acids is 2. The third-order valence-electron chi connectivity index (χ3n) is 4.71. The third kappa shape index (κ3) is 5.56. The van der Waals surface area contributed by atoms with E-state index in [-0.39, 0.29) is 19.3 Å². The first-order valence-corrected chi connectivity index (χ1v) is 9.44. The molecule has 0 bridgehead atoms. The van der Waals surface area contributed by atoms with E-state index in [9.17, 15) is 9.59 Å². The first-order valence-electron chi connectivity index (χ1n) is 8.65. The summed E-state index contributed by atoms with van der Waals surface area (Å²) >= 11 is 3.51. The van der Waals surface area contributed by atoms with E-state index in [4.69, 9.17) is 14.7 Å². The number of carbonyl (C=O) groups is 2. The fraction of sp³-hybridized carbons (Fsp3) is 0.722. The number of hydrogen-bond donors (Lipinski definition) is 2. The lowest BCUT2D eigenvalue weighted by Gasteiger charge is -2.38. The lowest BCUT2D eigenvalue weighted by Crippen LogP contribution is -2.26. The monoisotopic (exact) mass is 415 g/mol. The predicted octanol–water partition coefficient (Wildman–Crippen LogP) is 4.79.